The average molecular weight is 155 g/mol. The van der Waals surface area contributed by atoms with Gasteiger partial charge in [0.1, 0.15) is 0 Å². The number of primary amides is 1. The van der Waals surface area contributed by atoms with Gasteiger partial charge in [-0.1, -0.05) is 0 Å². The molecule has 1 saturated carbocycles. The van der Waals surface area contributed by atoms with E-state index in [1.54, 1.807) is 0 Å². The van der Waals surface area contributed by atoms with E-state index in [0.29, 0.717) is 0 Å². The molecule has 4 nitrogen and oxygen atoms in total. The zero-order chi connectivity index (χ0) is 8.27. The first-order valence-corrected chi connectivity index (χ1v) is 3.77. The number of hydrogen-bond acceptors (Lipinski definition) is 2. The summed E-state index contributed by atoms with van der Waals surface area (Å²) >= 11 is 0. The van der Waals surface area contributed by atoms with Crippen molar-refractivity contribution in [2.75, 3.05) is 0 Å². The first-order chi connectivity index (χ1) is 5.18. The molecule has 1 rings (SSSR count). The number of amides is 2. The van der Waals surface area contributed by atoms with Crippen LogP contribution in [-0.2, 0) is 0 Å². The summed E-state index contributed by atoms with van der Waals surface area (Å²) in [5, 5.41) is 3.80. The van der Waals surface area contributed by atoms with Crippen LogP contribution in [0, 0.1) is 5.92 Å². The second-order valence-corrected chi connectivity index (χ2v) is 2.97. The van der Waals surface area contributed by atoms with Gasteiger partial charge in [0.15, 0.2) is 0 Å². The lowest BCUT2D eigenvalue weighted by Gasteiger charge is -1.97. The molecule has 0 radical (unpaired) electrons. The highest BCUT2D eigenvalue weighted by Gasteiger charge is 2.21. The van der Waals surface area contributed by atoms with E-state index in [9.17, 15) is 4.79 Å². The summed E-state index contributed by atoms with van der Waals surface area (Å²) in [7, 11) is 0. The molecule has 0 saturated heterocycles. The molecule has 0 bridgehead atoms. The largest absolute Gasteiger partial charge is 0.350 e. The zero-order valence-corrected chi connectivity index (χ0v) is 6.63. The van der Waals surface area contributed by atoms with Crippen LogP contribution in [0.5, 0.6) is 0 Å². The Hall–Kier alpha value is -1.06. The number of nitrogens with one attached hydrogen (secondary N) is 1. The Morgan fingerprint density at radius 2 is 2.36 bits per heavy atom. The minimum Gasteiger partial charge on any atom is -0.350 e. The molecule has 0 spiro atoms. The van der Waals surface area contributed by atoms with Crippen LogP contribution in [0.2, 0.25) is 0 Å². The standard InChI is InChI=1S/C7H13N3O/c1-5(4-6-2-3-6)9-10-7(8)11/h6H,2-4H2,1H3,(H3,8,10,11). The molecule has 4 heteroatoms. The van der Waals surface area contributed by atoms with E-state index in [1.807, 2.05) is 6.92 Å². The van der Waals surface area contributed by atoms with Gasteiger partial charge in [-0.05, 0) is 32.1 Å². The van der Waals surface area contributed by atoms with Gasteiger partial charge in [0.05, 0.1) is 0 Å². The third-order valence-electron chi connectivity index (χ3n) is 1.64. The lowest BCUT2D eigenvalue weighted by atomic mass is 10.2. The average Bonchev–Trinajstić information content (AvgIpc) is 2.67. The van der Waals surface area contributed by atoms with Crippen molar-refractivity contribution in [2.24, 2.45) is 16.8 Å². The normalized spacial score (nSPS) is 18.1. The Balaban J connectivity index is 2.20. The maximum absolute atomic E-state index is 10.2. The van der Waals surface area contributed by atoms with Crippen molar-refractivity contribution in [3.05, 3.63) is 0 Å². The highest BCUT2D eigenvalue weighted by atomic mass is 16.2. The van der Waals surface area contributed by atoms with Crippen molar-refractivity contribution in [2.45, 2.75) is 26.2 Å². The first-order valence-electron chi connectivity index (χ1n) is 3.77. The first kappa shape index (κ1) is 8.04. The molecular weight excluding hydrogens is 142 g/mol. The van der Waals surface area contributed by atoms with Crippen molar-refractivity contribution in [1.82, 2.24) is 5.43 Å². The summed E-state index contributed by atoms with van der Waals surface area (Å²) in [5.41, 5.74) is 7.99. The maximum atomic E-state index is 10.2. The minimum absolute atomic E-state index is 0.597. The lowest BCUT2D eigenvalue weighted by Crippen LogP contribution is -2.25. The molecule has 11 heavy (non-hydrogen) atoms. The predicted molar refractivity (Wildman–Crippen MR) is 43.2 cm³/mol. The molecule has 0 aromatic carbocycles. The third-order valence-corrected chi connectivity index (χ3v) is 1.64. The minimum atomic E-state index is -0.597. The molecule has 0 heterocycles. The predicted octanol–water partition coefficient (Wildman–Crippen LogP) is 0.831. The third kappa shape index (κ3) is 3.60. The van der Waals surface area contributed by atoms with Crippen LogP contribution in [0.25, 0.3) is 0 Å². The molecule has 0 aliphatic heterocycles. The SMILES string of the molecule is CC(CC1CC1)=NNC(N)=O. The Labute approximate surface area is 65.8 Å². The molecule has 1 aliphatic rings. The van der Waals surface area contributed by atoms with E-state index in [0.717, 1.165) is 18.1 Å². The second-order valence-electron chi connectivity index (χ2n) is 2.97. The Bertz CT molecular complexity index is 184. The van der Waals surface area contributed by atoms with Crippen molar-refractivity contribution in [3.8, 4) is 0 Å². The quantitative estimate of drug-likeness (QED) is 0.460. The number of hydrogen-bond donors (Lipinski definition) is 2. The number of nitrogens with zero attached hydrogens (tertiary/aromatic N) is 1. The number of carbonyl (C=O) groups is 1. The van der Waals surface area contributed by atoms with Crippen molar-refractivity contribution < 1.29 is 4.79 Å². The summed E-state index contributed by atoms with van der Waals surface area (Å²) in [6.07, 6.45) is 3.58. The van der Waals surface area contributed by atoms with E-state index in [2.05, 4.69) is 10.5 Å². The van der Waals surface area contributed by atoms with Gasteiger partial charge in [0.25, 0.3) is 0 Å². The number of urea groups is 1. The van der Waals surface area contributed by atoms with Crippen LogP contribution in [0.15, 0.2) is 5.10 Å². The highest BCUT2D eigenvalue weighted by molar-refractivity contribution is 5.84. The summed E-state index contributed by atoms with van der Waals surface area (Å²) in [5.74, 6) is 0.799. The molecule has 0 aromatic heterocycles. The van der Waals surface area contributed by atoms with E-state index in [-0.39, 0.29) is 0 Å². The molecule has 0 atom stereocenters. The Kier molecular flexibility index (Phi) is 2.46. The monoisotopic (exact) mass is 155 g/mol. The van der Waals surface area contributed by atoms with Gasteiger partial charge < -0.3 is 5.73 Å². The van der Waals surface area contributed by atoms with Gasteiger partial charge in [-0.3, -0.25) is 0 Å². The fraction of sp³-hybridized carbons (Fsp3) is 0.714. The van der Waals surface area contributed by atoms with E-state index >= 15 is 0 Å². The number of carbonyl (C=O) groups excluding carboxylic acids is 1. The zero-order valence-electron chi connectivity index (χ0n) is 6.63. The highest BCUT2D eigenvalue weighted by Crippen LogP contribution is 2.32. The van der Waals surface area contributed by atoms with Crippen molar-refractivity contribution >= 4 is 11.7 Å². The van der Waals surface area contributed by atoms with Crippen LogP contribution in [0.1, 0.15) is 26.2 Å². The Morgan fingerprint density at radius 3 is 2.82 bits per heavy atom. The van der Waals surface area contributed by atoms with Crippen LogP contribution in [-0.4, -0.2) is 11.7 Å². The number of hydrazone groups is 1. The fourth-order valence-corrected chi connectivity index (χ4v) is 0.936. The summed E-state index contributed by atoms with van der Waals surface area (Å²) in [6.45, 7) is 1.90. The molecule has 1 fully saturated rings. The second kappa shape index (κ2) is 3.37. The van der Waals surface area contributed by atoms with Gasteiger partial charge in [-0.25, -0.2) is 10.2 Å². The smallest absolute Gasteiger partial charge is 0.332 e. The van der Waals surface area contributed by atoms with Crippen LogP contribution < -0.4 is 11.2 Å². The van der Waals surface area contributed by atoms with Crippen LogP contribution in [0.4, 0.5) is 4.79 Å². The van der Waals surface area contributed by atoms with Crippen molar-refractivity contribution in [1.29, 1.82) is 0 Å². The van der Waals surface area contributed by atoms with Gasteiger partial charge in [-0.15, -0.1) is 0 Å². The summed E-state index contributed by atoms with van der Waals surface area (Å²) in [6, 6.07) is -0.597. The maximum Gasteiger partial charge on any atom is 0.332 e. The van der Waals surface area contributed by atoms with Gasteiger partial charge in [-0.2, -0.15) is 5.10 Å². The number of rotatable bonds is 3. The molecule has 1 aliphatic carbocycles. The molecule has 3 N–H and O–H groups in total. The van der Waals surface area contributed by atoms with E-state index in [1.165, 1.54) is 12.8 Å². The fourth-order valence-electron chi connectivity index (χ4n) is 0.936. The molecule has 0 aromatic rings. The molecule has 62 valence electrons. The Morgan fingerprint density at radius 1 is 1.73 bits per heavy atom. The lowest BCUT2D eigenvalue weighted by molar-refractivity contribution is 0.249. The van der Waals surface area contributed by atoms with Crippen LogP contribution >= 0.6 is 0 Å². The molecular formula is C7H13N3O. The molecule has 2 amide bonds. The van der Waals surface area contributed by atoms with Gasteiger partial charge >= 0.3 is 6.03 Å². The summed E-state index contributed by atoms with van der Waals surface area (Å²) in [4.78, 5) is 10.2. The topological polar surface area (TPSA) is 67.5 Å². The van der Waals surface area contributed by atoms with Crippen LogP contribution in [0.3, 0.4) is 0 Å². The van der Waals surface area contributed by atoms with E-state index < -0.39 is 6.03 Å². The van der Waals surface area contributed by atoms with E-state index in [4.69, 9.17) is 5.73 Å². The molecule has 0 unspecified atom stereocenters. The number of nitrogens with two attached hydrogens (primary N) is 1. The summed E-state index contributed by atoms with van der Waals surface area (Å²) < 4.78 is 0. The van der Waals surface area contributed by atoms with Crippen molar-refractivity contribution in [3.63, 3.8) is 0 Å². The van der Waals surface area contributed by atoms with Gasteiger partial charge in [0.2, 0.25) is 0 Å². The van der Waals surface area contributed by atoms with Gasteiger partial charge in [0, 0.05) is 5.71 Å².